The zero-order chi connectivity index (χ0) is 23.0. The van der Waals surface area contributed by atoms with Gasteiger partial charge in [0, 0.05) is 28.2 Å². The third-order valence-corrected chi connectivity index (χ3v) is 6.04. The molecule has 1 atom stereocenters. The molecule has 2 amide bonds. The average Bonchev–Trinajstić information content (AvgIpc) is 2.72. The number of benzene rings is 2. The highest BCUT2D eigenvalue weighted by molar-refractivity contribution is 9.10. The van der Waals surface area contributed by atoms with Crippen molar-refractivity contribution < 1.29 is 14.3 Å². The van der Waals surface area contributed by atoms with Crippen LogP contribution in [0.3, 0.4) is 0 Å². The molecule has 0 unspecified atom stereocenters. The Morgan fingerprint density at radius 2 is 1.81 bits per heavy atom. The van der Waals surface area contributed by atoms with Crippen LogP contribution in [0, 0.1) is 0 Å². The van der Waals surface area contributed by atoms with Gasteiger partial charge in [-0.2, -0.15) is 0 Å². The number of hydrogen-bond donors (Lipinski definition) is 1. The van der Waals surface area contributed by atoms with Gasteiger partial charge in [-0.15, -0.1) is 0 Å². The second-order valence-corrected chi connectivity index (χ2v) is 9.08. The Bertz CT molecular complexity index is 927. The molecule has 0 saturated heterocycles. The number of halogens is 4. The fraction of sp³-hybridized carbons (Fsp3) is 0.364. The first-order chi connectivity index (χ1) is 14.7. The van der Waals surface area contributed by atoms with Crippen LogP contribution in [-0.2, 0) is 16.1 Å². The largest absolute Gasteiger partial charge is 0.483 e. The van der Waals surface area contributed by atoms with Gasteiger partial charge in [0.1, 0.15) is 11.8 Å². The lowest BCUT2D eigenvalue weighted by Crippen LogP contribution is -2.49. The maximum atomic E-state index is 13.1. The molecule has 0 saturated carbocycles. The summed E-state index contributed by atoms with van der Waals surface area (Å²) in [7, 11) is 0. The second-order valence-electron chi connectivity index (χ2n) is 6.94. The highest BCUT2D eigenvalue weighted by atomic mass is 79.9. The minimum absolute atomic E-state index is 0.141. The van der Waals surface area contributed by atoms with Gasteiger partial charge >= 0.3 is 0 Å². The molecular weight excluding hydrogens is 527 g/mol. The number of amides is 2. The fourth-order valence-electron chi connectivity index (χ4n) is 2.77. The van der Waals surface area contributed by atoms with Crippen molar-refractivity contribution in [1.82, 2.24) is 10.2 Å². The number of nitrogens with one attached hydrogen (secondary N) is 1. The Morgan fingerprint density at radius 3 is 2.45 bits per heavy atom. The van der Waals surface area contributed by atoms with Gasteiger partial charge in [0.15, 0.2) is 6.61 Å². The molecule has 5 nitrogen and oxygen atoms in total. The van der Waals surface area contributed by atoms with Crippen LogP contribution in [0.15, 0.2) is 40.9 Å². The molecule has 0 aromatic heterocycles. The lowest BCUT2D eigenvalue weighted by atomic mass is 10.1. The summed E-state index contributed by atoms with van der Waals surface area (Å²) in [5.41, 5.74) is 0.681. The summed E-state index contributed by atoms with van der Waals surface area (Å²) < 4.78 is 6.30. The normalized spacial score (nSPS) is 11.7. The molecule has 0 spiro atoms. The molecule has 1 N–H and O–H groups in total. The molecular formula is C22H24BrCl3N2O3. The zero-order valence-corrected chi connectivity index (χ0v) is 21.1. The summed E-state index contributed by atoms with van der Waals surface area (Å²) in [6.45, 7) is 4.17. The van der Waals surface area contributed by atoms with Crippen LogP contribution in [0.2, 0.25) is 15.1 Å². The highest BCUT2D eigenvalue weighted by Crippen LogP contribution is 2.28. The third-order valence-electron chi connectivity index (χ3n) is 4.60. The molecule has 0 aliphatic rings. The van der Waals surface area contributed by atoms with Gasteiger partial charge in [0.05, 0.1) is 4.47 Å². The number of rotatable bonds is 10. The van der Waals surface area contributed by atoms with E-state index < -0.39 is 6.04 Å². The summed E-state index contributed by atoms with van der Waals surface area (Å²) in [5.74, 6) is -0.118. The fourth-order valence-corrected chi connectivity index (χ4v) is 4.03. The Labute approximate surface area is 206 Å². The van der Waals surface area contributed by atoms with Gasteiger partial charge in [0.25, 0.3) is 5.91 Å². The van der Waals surface area contributed by atoms with E-state index in [9.17, 15) is 9.59 Å². The first-order valence-corrected chi connectivity index (χ1v) is 11.7. The van der Waals surface area contributed by atoms with Crippen LogP contribution in [0.25, 0.3) is 0 Å². The number of ether oxygens (including phenoxy) is 1. The molecule has 2 aromatic rings. The number of carbonyl (C=O) groups is 2. The minimum Gasteiger partial charge on any atom is -0.483 e. The van der Waals surface area contributed by atoms with Crippen molar-refractivity contribution in [3.63, 3.8) is 0 Å². The van der Waals surface area contributed by atoms with Gasteiger partial charge in [0.2, 0.25) is 5.91 Å². The highest BCUT2D eigenvalue weighted by Gasteiger charge is 2.27. The molecule has 0 radical (unpaired) electrons. The van der Waals surface area contributed by atoms with E-state index in [1.165, 1.54) is 4.90 Å². The predicted octanol–water partition coefficient (Wildman–Crippen LogP) is 6.12. The minimum atomic E-state index is -0.714. The molecule has 0 heterocycles. The molecule has 0 fully saturated rings. The van der Waals surface area contributed by atoms with Gasteiger partial charge in [-0.25, -0.2) is 0 Å². The van der Waals surface area contributed by atoms with E-state index in [0.29, 0.717) is 37.4 Å². The van der Waals surface area contributed by atoms with E-state index in [4.69, 9.17) is 39.5 Å². The van der Waals surface area contributed by atoms with E-state index in [1.807, 2.05) is 6.92 Å². The summed E-state index contributed by atoms with van der Waals surface area (Å²) in [5, 5.41) is 4.33. The summed E-state index contributed by atoms with van der Waals surface area (Å²) >= 11 is 21.6. The number of unbranched alkanes of at least 4 members (excludes halogenated alkanes) is 1. The molecule has 0 aliphatic carbocycles. The number of carbonyl (C=O) groups excluding carboxylic acids is 2. The van der Waals surface area contributed by atoms with Gasteiger partial charge < -0.3 is 15.0 Å². The number of hydrogen-bond acceptors (Lipinski definition) is 3. The Morgan fingerprint density at radius 1 is 1.13 bits per heavy atom. The molecule has 0 bridgehead atoms. The van der Waals surface area contributed by atoms with Gasteiger partial charge in [-0.1, -0.05) is 54.2 Å². The van der Waals surface area contributed by atoms with E-state index in [-0.39, 0.29) is 25.0 Å². The zero-order valence-electron chi connectivity index (χ0n) is 17.3. The topological polar surface area (TPSA) is 58.6 Å². The van der Waals surface area contributed by atoms with Crippen LogP contribution in [-0.4, -0.2) is 35.9 Å². The first kappa shape index (κ1) is 25.8. The Balaban J connectivity index is 2.18. The van der Waals surface area contributed by atoms with E-state index in [0.717, 1.165) is 12.8 Å². The van der Waals surface area contributed by atoms with Gasteiger partial charge in [-0.05, 0) is 65.2 Å². The molecule has 9 heteroatoms. The molecule has 2 aromatic carbocycles. The lowest BCUT2D eigenvalue weighted by Gasteiger charge is -2.29. The van der Waals surface area contributed by atoms with Crippen LogP contribution in [0.5, 0.6) is 5.75 Å². The van der Waals surface area contributed by atoms with Crippen molar-refractivity contribution >= 4 is 62.5 Å². The standard InChI is InChI=1S/C22H24BrCl3N2O3/c1-3-4-9-27-22(30)14(2)28(12-15-5-6-17(25)11-19(15)26)21(29)13-31-20-8-7-16(24)10-18(20)23/h5-8,10-11,14H,3-4,9,12-13H2,1-2H3,(H,27,30)/t14-/m1/s1. The smallest absolute Gasteiger partial charge is 0.261 e. The monoisotopic (exact) mass is 548 g/mol. The Kier molecular flexibility index (Phi) is 10.4. The van der Waals surface area contributed by atoms with Crippen LogP contribution < -0.4 is 10.1 Å². The lowest BCUT2D eigenvalue weighted by molar-refractivity contribution is -0.142. The molecule has 31 heavy (non-hydrogen) atoms. The maximum absolute atomic E-state index is 13.1. The van der Waals surface area contributed by atoms with E-state index in [2.05, 4.69) is 21.2 Å². The van der Waals surface area contributed by atoms with Crippen molar-refractivity contribution in [1.29, 1.82) is 0 Å². The van der Waals surface area contributed by atoms with Crippen LogP contribution >= 0.6 is 50.7 Å². The van der Waals surface area contributed by atoms with Crippen molar-refractivity contribution in [2.45, 2.75) is 39.3 Å². The van der Waals surface area contributed by atoms with Crippen LogP contribution in [0.1, 0.15) is 32.3 Å². The summed E-state index contributed by atoms with van der Waals surface area (Å²) in [6, 6.07) is 9.34. The van der Waals surface area contributed by atoms with Crippen molar-refractivity contribution in [3.8, 4) is 5.75 Å². The summed E-state index contributed by atoms with van der Waals surface area (Å²) in [4.78, 5) is 27.1. The van der Waals surface area contributed by atoms with Crippen molar-refractivity contribution in [2.24, 2.45) is 0 Å². The third kappa shape index (κ3) is 7.86. The van der Waals surface area contributed by atoms with E-state index >= 15 is 0 Å². The quantitative estimate of drug-likeness (QED) is 0.363. The Hall–Kier alpha value is -1.47. The molecule has 168 valence electrons. The predicted molar refractivity (Wildman–Crippen MR) is 129 cm³/mol. The van der Waals surface area contributed by atoms with Crippen molar-refractivity contribution in [2.75, 3.05) is 13.2 Å². The molecule has 0 aliphatic heterocycles. The van der Waals surface area contributed by atoms with Crippen LogP contribution in [0.4, 0.5) is 0 Å². The SMILES string of the molecule is CCCCNC(=O)[C@@H](C)N(Cc1ccc(Cl)cc1Cl)C(=O)COc1ccc(Cl)cc1Br. The number of nitrogens with zero attached hydrogens (tertiary/aromatic N) is 1. The van der Waals surface area contributed by atoms with E-state index in [1.54, 1.807) is 43.3 Å². The average molecular weight is 551 g/mol. The summed E-state index contributed by atoms with van der Waals surface area (Å²) in [6.07, 6.45) is 1.82. The van der Waals surface area contributed by atoms with Gasteiger partial charge in [-0.3, -0.25) is 9.59 Å². The maximum Gasteiger partial charge on any atom is 0.261 e. The van der Waals surface area contributed by atoms with Crippen molar-refractivity contribution in [3.05, 3.63) is 61.5 Å². The first-order valence-electron chi connectivity index (χ1n) is 9.81. The second kappa shape index (κ2) is 12.5. The molecule has 2 rings (SSSR count).